The molecule has 0 saturated carbocycles. The Kier molecular flexibility index (Phi) is 7.37. The van der Waals surface area contributed by atoms with Crippen LogP contribution in [-0.4, -0.2) is 25.1 Å². The summed E-state index contributed by atoms with van der Waals surface area (Å²) < 4.78 is 0. The number of hydrogen-bond acceptors (Lipinski definition) is 3. The highest BCUT2D eigenvalue weighted by atomic mass is 32.2. The fourth-order valence-electron chi connectivity index (χ4n) is 2.60. The van der Waals surface area contributed by atoms with E-state index in [1.54, 1.807) is 23.5 Å². The topological polar surface area (TPSA) is 12.0 Å². The molecular formula is C19H25NS2. The van der Waals surface area contributed by atoms with Gasteiger partial charge in [-0.25, -0.2) is 0 Å². The molecule has 22 heavy (non-hydrogen) atoms. The van der Waals surface area contributed by atoms with Crippen molar-refractivity contribution in [2.45, 2.75) is 35.6 Å². The van der Waals surface area contributed by atoms with Crippen LogP contribution in [0.25, 0.3) is 0 Å². The largest absolute Gasteiger partial charge is 0.314 e. The Bertz CT molecular complexity index is 499. The molecule has 0 spiro atoms. The fourth-order valence-corrected chi connectivity index (χ4v) is 3.41. The summed E-state index contributed by atoms with van der Waals surface area (Å²) in [7, 11) is 0. The van der Waals surface area contributed by atoms with Crippen LogP contribution in [0.3, 0.4) is 0 Å². The molecule has 0 heterocycles. The van der Waals surface area contributed by atoms with Crippen LogP contribution in [0.15, 0.2) is 58.3 Å². The third kappa shape index (κ3) is 5.38. The van der Waals surface area contributed by atoms with E-state index < -0.39 is 0 Å². The lowest BCUT2D eigenvalue weighted by Crippen LogP contribution is -2.33. The Morgan fingerprint density at radius 2 is 1.18 bits per heavy atom. The molecule has 0 atom stereocenters. The van der Waals surface area contributed by atoms with Gasteiger partial charge in [0.05, 0.1) is 0 Å². The summed E-state index contributed by atoms with van der Waals surface area (Å²) in [5.74, 6) is 0. The predicted molar refractivity (Wildman–Crippen MR) is 101 cm³/mol. The van der Waals surface area contributed by atoms with Crippen molar-refractivity contribution in [2.75, 3.05) is 19.1 Å². The first-order valence-electron chi connectivity index (χ1n) is 7.74. The van der Waals surface area contributed by atoms with E-state index in [4.69, 9.17) is 0 Å². The number of benzene rings is 2. The maximum Gasteiger partial charge on any atom is 0.0148 e. The Morgan fingerprint density at radius 1 is 0.773 bits per heavy atom. The van der Waals surface area contributed by atoms with E-state index in [9.17, 15) is 0 Å². The molecular weight excluding hydrogens is 306 g/mol. The van der Waals surface area contributed by atoms with Gasteiger partial charge in [-0.1, -0.05) is 31.2 Å². The zero-order valence-electron chi connectivity index (χ0n) is 13.6. The minimum atomic E-state index is 0.491. The summed E-state index contributed by atoms with van der Waals surface area (Å²) in [6.07, 6.45) is 6.39. The Balaban J connectivity index is 2.01. The van der Waals surface area contributed by atoms with Gasteiger partial charge in [-0.3, -0.25) is 0 Å². The maximum absolute atomic E-state index is 3.63. The molecule has 0 aromatic heterocycles. The van der Waals surface area contributed by atoms with E-state index in [1.165, 1.54) is 20.9 Å². The zero-order chi connectivity index (χ0) is 15.8. The number of hydrogen-bond donors (Lipinski definition) is 1. The second-order valence-corrected chi connectivity index (χ2v) is 7.12. The summed E-state index contributed by atoms with van der Waals surface area (Å²) in [5, 5.41) is 3.63. The predicted octanol–water partition coefficient (Wildman–Crippen LogP) is 4.89. The lowest BCUT2D eigenvalue weighted by Gasteiger charge is -2.18. The van der Waals surface area contributed by atoms with Crippen LogP contribution in [0.4, 0.5) is 0 Å². The van der Waals surface area contributed by atoms with E-state index in [0.29, 0.717) is 6.04 Å². The van der Waals surface area contributed by atoms with Gasteiger partial charge < -0.3 is 5.32 Å². The molecule has 118 valence electrons. The molecule has 2 rings (SSSR count). The fraction of sp³-hybridized carbons (Fsp3) is 0.368. The van der Waals surface area contributed by atoms with Crippen LogP contribution in [-0.2, 0) is 12.8 Å². The SMILES string of the molecule is CCNC(Cc1ccc(SC)cc1)Cc1ccc(SC)cc1. The van der Waals surface area contributed by atoms with E-state index in [1.807, 2.05) is 0 Å². The molecule has 3 heteroatoms. The van der Waals surface area contributed by atoms with Crippen LogP contribution >= 0.6 is 23.5 Å². The summed E-state index contributed by atoms with van der Waals surface area (Å²) in [6.45, 7) is 3.19. The van der Waals surface area contributed by atoms with Crippen molar-refractivity contribution in [3.05, 3.63) is 59.7 Å². The quantitative estimate of drug-likeness (QED) is 0.691. The van der Waals surface area contributed by atoms with Gasteiger partial charge in [0.15, 0.2) is 0 Å². The summed E-state index contributed by atoms with van der Waals surface area (Å²) >= 11 is 3.59. The Morgan fingerprint density at radius 3 is 1.50 bits per heavy atom. The standard InChI is InChI=1S/C19H25NS2/c1-4-20-17(13-15-5-9-18(21-2)10-6-15)14-16-7-11-19(22-3)12-8-16/h5-12,17,20H,4,13-14H2,1-3H3. The normalized spacial score (nSPS) is 11.1. The first-order valence-corrected chi connectivity index (χ1v) is 10.2. The molecule has 0 aliphatic heterocycles. The van der Waals surface area contributed by atoms with Crippen molar-refractivity contribution in [3.8, 4) is 0 Å². The van der Waals surface area contributed by atoms with Gasteiger partial charge in [0.1, 0.15) is 0 Å². The first-order chi connectivity index (χ1) is 10.7. The molecule has 1 N–H and O–H groups in total. The van der Waals surface area contributed by atoms with Gasteiger partial charge in [0.2, 0.25) is 0 Å². The van der Waals surface area contributed by atoms with Crippen molar-refractivity contribution < 1.29 is 0 Å². The highest BCUT2D eigenvalue weighted by molar-refractivity contribution is 7.98. The van der Waals surface area contributed by atoms with E-state index in [2.05, 4.69) is 73.3 Å². The summed E-state index contributed by atoms with van der Waals surface area (Å²) in [5.41, 5.74) is 2.81. The van der Waals surface area contributed by atoms with Crippen LogP contribution in [0.5, 0.6) is 0 Å². The molecule has 0 radical (unpaired) electrons. The molecule has 2 aromatic carbocycles. The molecule has 0 unspecified atom stereocenters. The zero-order valence-corrected chi connectivity index (χ0v) is 15.3. The lowest BCUT2D eigenvalue weighted by atomic mass is 9.99. The van der Waals surface area contributed by atoms with E-state index in [-0.39, 0.29) is 0 Å². The number of rotatable bonds is 8. The monoisotopic (exact) mass is 331 g/mol. The average molecular weight is 332 g/mol. The molecule has 0 aliphatic carbocycles. The minimum absolute atomic E-state index is 0.491. The summed E-state index contributed by atoms with van der Waals surface area (Å²) in [6, 6.07) is 18.4. The maximum atomic E-state index is 3.63. The first kappa shape index (κ1) is 17.5. The van der Waals surface area contributed by atoms with Crippen LogP contribution in [0, 0.1) is 0 Å². The van der Waals surface area contributed by atoms with Crippen molar-refractivity contribution in [1.29, 1.82) is 0 Å². The van der Waals surface area contributed by atoms with Gasteiger partial charge >= 0.3 is 0 Å². The second kappa shape index (κ2) is 9.29. The van der Waals surface area contributed by atoms with E-state index >= 15 is 0 Å². The van der Waals surface area contributed by atoms with Crippen molar-refractivity contribution in [2.24, 2.45) is 0 Å². The number of likely N-dealkylation sites (N-methyl/N-ethyl adjacent to an activating group) is 1. The van der Waals surface area contributed by atoms with Gasteiger partial charge in [0.25, 0.3) is 0 Å². The summed E-state index contributed by atoms with van der Waals surface area (Å²) in [4.78, 5) is 2.66. The van der Waals surface area contributed by atoms with Gasteiger partial charge in [-0.05, 0) is 67.3 Å². The molecule has 0 amide bonds. The average Bonchev–Trinajstić information content (AvgIpc) is 2.56. The van der Waals surface area contributed by atoms with Gasteiger partial charge in [-0.15, -0.1) is 23.5 Å². The Hall–Kier alpha value is -0.900. The van der Waals surface area contributed by atoms with Crippen molar-refractivity contribution >= 4 is 23.5 Å². The molecule has 0 bridgehead atoms. The minimum Gasteiger partial charge on any atom is -0.314 e. The molecule has 0 saturated heterocycles. The third-order valence-corrected chi connectivity index (χ3v) is 5.26. The lowest BCUT2D eigenvalue weighted by molar-refractivity contribution is 0.521. The van der Waals surface area contributed by atoms with Crippen molar-refractivity contribution in [3.63, 3.8) is 0 Å². The third-order valence-electron chi connectivity index (χ3n) is 3.78. The van der Waals surface area contributed by atoms with Crippen LogP contribution in [0.1, 0.15) is 18.1 Å². The number of nitrogens with one attached hydrogen (secondary N) is 1. The highest BCUT2D eigenvalue weighted by Crippen LogP contribution is 2.18. The number of thioether (sulfide) groups is 2. The molecule has 0 fully saturated rings. The van der Waals surface area contributed by atoms with Gasteiger partial charge in [0, 0.05) is 15.8 Å². The second-order valence-electron chi connectivity index (χ2n) is 5.36. The smallest absolute Gasteiger partial charge is 0.0148 e. The van der Waals surface area contributed by atoms with Crippen LogP contribution in [0.2, 0.25) is 0 Å². The molecule has 1 nitrogen and oxygen atoms in total. The highest BCUT2D eigenvalue weighted by Gasteiger charge is 2.10. The Labute approximate surface area is 143 Å². The van der Waals surface area contributed by atoms with E-state index in [0.717, 1.165) is 19.4 Å². The molecule has 2 aromatic rings. The van der Waals surface area contributed by atoms with Crippen LogP contribution < -0.4 is 5.32 Å². The van der Waals surface area contributed by atoms with Crippen molar-refractivity contribution in [1.82, 2.24) is 5.32 Å². The van der Waals surface area contributed by atoms with Gasteiger partial charge in [-0.2, -0.15) is 0 Å². The molecule has 0 aliphatic rings.